The van der Waals surface area contributed by atoms with Crippen LogP contribution in [0.5, 0.6) is 0 Å². The van der Waals surface area contributed by atoms with Crippen LogP contribution >= 0.6 is 0 Å². The van der Waals surface area contributed by atoms with Crippen molar-refractivity contribution in [2.45, 2.75) is 6.92 Å². The van der Waals surface area contributed by atoms with E-state index in [0.29, 0.717) is 17.1 Å². The van der Waals surface area contributed by atoms with Crippen molar-refractivity contribution in [3.05, 3.63) is 82.2 Å². The fourth-order valence-corrected chi connectivity index (χ4v) is 2.63. The van der Waals surface area contributed by atoms with Crippen molar-refractivity contribution >= 4 is 11.7 Å². The molecule has 0 aliphatic heterocycles. The highest BCUT2D eigenvalue weighted by Crippen LogP contribution is 2.24. The second kappa shape index (κ2) is 6.95. The van der Waals surface area contributed by atoms with Crippen LogP contribution in [-0.4, -0.2) is 25.7 Å². The van der Waals surface area contributed by atoms with Crippen LogP contribution in [0.25, 0.3) is 17.4 Å². The highest BCUT2D eigenvalue weighted by molar-refractivity contribution is 6.04. The Morgan fingerprint density at radius 2 is 2.00 bits per heavy atom. The van der Waals surface area contributed by atoms with Gasteiger partial charge in [-0.15, -0.1) is 0 Å². The Labute approximate surface area is 157 Å². The number of hydrogen-bond acceptors (Lipinski definition) is 5. The fraction of sp³-hybridized carbons (Fsp3) is 0.0526. The van der Waals surface area contributed by atoms with E-state index in [1.807, 2.05) is 0 Å². The standard InChI is InChI=1S/C19H14FN5O3/c1-11-9-17(26)23-19(21-11)25-16(10-14(24-25)15-3-2-8-28-15)22-18(27)12-4-6-13(20)7-5-12/h2-10H,1H3,(H,22,27)(H,21,23,26). The third kappa shape index (κ3) is 3.45. The number of halogens is 1. The first-order valence-corrected chi connectivity index (χ1v) is 8.29. The van der Waals surface area contributed by atoms with Gasteiger partial charge in [0.25, 0.3) is 11.5 Å². The highest BCUT2D eigenvalue weighted by Gasteiger charge is 2.17. The minimum atomic E-state index is -0.470. The van der Waals surface area contributed by atoms with Crippen molar-refractivity contribution in [1.29, 1.82) is 0 Å². The molecule has 0 aliphatic rings. The molecule has 0 fully saturated rings. The molecule has 1 aromatic carbocycles. The van der Waals surface area contributed by atoms with E-state index in [1.54, 1.807) is 25.1 Å². The number of nitrogens with one attached hydrogen (secondary N) is 2. The number of aromatic amines is 1. The van der Waals surface area contributed by atoms with Crippen LogP contribution in [0.3, 0.4) is 0 Å². The summed E-state index contributed by atoms with van der Waals surface area (Å²) in [6, 6.07) is 11.5. The van der Waals surface area contributed by atoms with Crippen LogP contribution in [0, 0.1) is 12.7 Å². The summed E-state index contributed by atoms with van der Waals surface area (Å²) in [4.78, 5) is 31.2. The van der Waals surface area contributed by atoms with Gasteiger partial charge in [0.2, 0.25) is 5.95 Å². The Kier molecular flexibility index (Phi) is 4.32. The lowest BCUT2D eigenvalue weighted by Gasteiger charge is -2.08. The number of carbonyl (C=O) groups is 1. The lowest BCUT2D eigenvalue weighted by Crippen LogP contribution is -2.18. The van der Waals surface area contributed by atoms with Crippen LogP contribution < -0.4 is 10.9 Å². The lowest BCUT2D eigenvalue weighted by molar-refractivity contribution is 0.102. The van der Waals surface area contributed by atoms with Gasteiger partial charge in [0.05, 0.1) is 6.26 Å². The number of furan rings is 1. The molecule has 0 bridgehead atoms. The third-order valence-corrected chi connectivity index (χ3v) is 3.89. The summed E-state index contributed by atoms with van der Waals surface area (Å²) in [5.41, 5.74) is 0.834. The van der Waals surface area contributed by atoms with Crippen LogP contribution in [0.1, 0.15) is 16.1 Å². The predicted molar refractivity (Wildman–Crippen MR) is 98.8 cm³/mol. The molecule has 0 saturated carbocycles. The van der Waals surface area contributed by atoms with Crippen molar-refractivity contribution in [3.8, 4) is 17.4 Å². The van der Waals surface area contributed by atoms with Crippen LogP contribution in [-0.2, 0) is 0 Å². The Hall–Kier alpha value is -4.01. The largest absolute Gasteiger partial charge is 0.463 e. The fourth-order valence-electron chi connectivity index (χ4n) is 2.63. The summed E-state index contributed by atoms with van der Waals surface area (Å²) >= 11 is 0. The molecule has 4 aromatic rings. The molecule has 0 atom stereocenters. The summed E-state index contributed by atoms with van der Waals surface area (Å²) in [5.74, 6) is -0.0388. The van der Waals surface area contributed by atoms with E-state index in [-0.39, 0.29) is 22.9 Å². The minimum Gasteiger partial charge on any atom is -0.463 e. The number of benzene rings is 1. The van der Waals surface area contributed by atoms with Crippen molar-refractivity contribution in [1.82, 2.24) is 19.7 Å². The highest BCUT2D eigenvalue weighted by atomic mass is 19.1. The van der Waals surface area contributed by atoms with Gasteiger partial charge in [0.15, 0.2) is 5.76 Å². The van der Waals surface area contributed by atoms with Crippen molar-refractivity contribution in [3.63, 3.8) is 0 Å². The summed E-state index contributed by atoms with van der Waals surface area (Å²) in [6.07, 6.45) is 1.50. The van der Waals surface area contributed by atoms with Gasteiger partial charge in [-0.05, 0) is 43.3 Å². The van der Waals surface area contributed by atoms with Gasteiger partial charge in [-0.1, -0.05) is 0 Å². The molecular weight excluding hydrogens is 365 g/mol. The molecule has 9 heteroatoms. The first-order valence-electron chi connectivity index (χ1n) is 8.29. The van der Waals surface area contributed by atoms with E-state index in [9.17, 15) is 14.0 Å². The Balaban J connectivity index is 1.77. The number of aryl methyl sites for hydroxylation is 1. The average Bonchev–Trinajstić information content (AvgIpc) is 3.31. The quantitative estimate of drug-likeness (QED) is 0.567. The molecule has 3 heterocycles. The molecule has 4 rings (SSSR count). The number of amides is 1. The van der Waals surface area contributed by atoms with E-state index in [1.165, 1.54) is 41.3 Å². The summed E-state index contributed by atoms with van der Waals surface area (Å²) in [6.45, 7) is 1.67. The first-order chi connectivity index (χ1) is 13.5. The number of rotatable bonds is 4. The average molecular weight is 379 g/mol. The predicted octanol–water partition coefficient (Wildman–Crippen LogP) is 2.92. The molecule has 0 spiro atoms. The number of anilines is 1. The number of H-pyrrole nitrogens is 1. The molecule has 0 saturated heterocycles. The lowest BCUT2D eigenvalue weighted by atomic mass is 10.2. The SMILES string of the molecule is Cc1cc(=O)[nH]c(-n2nc(-c3ccco3)cc2NC(=O)c2ccc(F)cc2)n1. The maximum atomic E-state index is 13.1. The van der Waals surface area contributed by atoms with Crippen molar-refractivity contribution in [2.75, 3.05) is 5.32 Å². The topological polar surface area (TPSA) is 106 Å². The van der Waals surface area contributed by atoms with E-state index < -0.39 is 11.7 Å². The maximum absolute atomic E-state index is 13.1. The van der Waals surface area contributed by atoms with E-state index in [0.717, 1.165) is 0 Å². The molecule has 140 valence electrons. The van der Waals surface area contributed by atoms with Gasteiger partial charge in [-0.3, -0.25) is 14.6 Å². The van der Waals surface area contributed by atoms with Crippen LogP contribution in [0.4, 0.5) is 10.2 Å². The monoisotopic (exact) mass is 379 g/mol. The van der Waals surface area contributed by atoms with Crippen LogP contribution in [0.2, 0.25) is 0 Å². The molecule has 28 heavy (non-hydrogen) atoms. The summed E-state index contributed by atoms with van der Waals surface area (Å²) < 4.78 is 19.8. The van der Waals surface area contributed by atoms with Crippen molar-refractivity contribution in [2.24, 2.45) is 0 Å². The van der Waals surface area contributed by atoms with Crippen molar-refractivity contribution < 1.29 is 13.6 Å². The summed E-state index contributed by atoms with van der Waals surface area (Å²) in [5, 5.41) is 7.08. The van der Waals surface area contributed by atoms with Gasteiger partial charge in [0.1, 0.15) is 17.3 Å². The first kappa shape index (κ1) is 17.4. The summed E-state index contributed by atoms with van der Waals surface area (Å²) in [7, 11) is 0. The van der Waals surface area contributed by atoms with Gasteiger partial charge < -0.3 is 9.73 Å². The molecule has 0 aliphatic carbocycles. The second-order valence-electron chi connectivity index (χ2n) is 5.98. The van der Waals surface area contributed by atoms with Gasteiger partial charge >= 0.3 is 0 Å². The molecule has 0 unspecified atom stereocenters. The van der Waals surface area contributed by atoms with Gasteiger partial charge in [-0.25, -0.2) is 9.37 Å². The zero-order chi connectivity index (χ0) is 19.7. The zero-order valence-electron chi connectivity index (χ0n) is 14.6. The number of aromatic nitrogens is 4. The molecule has 8 nitrogen and oxygen atoms in total. The second-order valence-corrected chi connectivity index (χ2v) is 5.98. The Morgan fingerprint density at radius 1 is 1.21 bits per heavy atom. The van der Waals surface area contributed by atoms with E-state index in [2.05, 4.69) is 20.4 Å². The Bertz CT molecular complexity index is 1190. The van der Waals surface area contributed by atoms with E-state index >= 15 is 0 Å². The van der Waals surface area contributed by atoms with Gasteiger partial charge in [-0.2, -0.15) is 9.78 Å². The van der Waals surface area contributed by atoms with Gasteiger partial charge in [0, 0.05) is 23.4 Å². The van der Waals surface area contributed by atoms with E-state index in [4.69, 9.17) is 4.42 Å². The maximum Gasteiger partial charge on any atom is 0.256 e. The molecule has 2 N–H and O–H groups in total. The third-order valence-electron chi connectivity index (χ3n) is 3.89. The zero-order valence-corrected chi connectivity index (χ0v) is 14.6. The normalized spacial score (nSPS) is 10.8. The number of nitrogens with zero attached hydrogens (tertiary/aromatic N) is 3. The molecular formula is C19H14FN5O3. The molecule has 1 amide bonds. The number of carbonyl (C=O) groups excluding carboxylic acids is 1. The molecule has 0 radical (unpaired) electrons. The Morgan fingerprint density at radius 3 is 2.68 bits per heavy atom. The smallest absolute Gasteiger partial charge is 0.256 e. The van der Waals surface area contributed by atoms with Crippen LogP contribution in [0.15, 0.2) is 64.0 Å². The molecule has 3 aromatic heterocycles. The minimum absolute atomic E-state index is 0.136. The number of hydrogen-bond donors (Lipinski definition) is 2.